The number of pyridine rings is 1. The van der Waals surface area contributed by atoms with Crippen LogP contribution in [0, 0.1) is 0 Å². The van der Waals surface area contributed by atoms with E-state index < -0.39 is 0 Å². The minimum absolute atomic E-state index is 0. The first-order valence-corrected chi connectivity index (χ1v) is 8.25. The number of benzene rings is 1. The summed E-state index contributed by atoms with van der Waals surface area (Å²) in [6.45, 7) is 2.19. The molecule has 1 aliphatic rings. The summed E-state index contributed by atoms with van der Waals surface area (Å²) in [5, 5.41) is 4.43. The van der Waals surface area contributed by atoms with E-state index in [-0.39, 0.29) is 30.8 Å². The highest BCUT2D eigenvalue weighted by molar-refractivity contribution is 6.35. The molecular formula is C17H18Cl3N3O. The Morgan fingerprint density at radius 1 is 1.33 bits per heavy atom. The summed E-state index contributed by atoms with van der Waals surface area (Å²) in [7, 11) is 0. The Kier molecular flexibility index (Phi) is 6.87. The Bertz CT molecular complexity index is 697. The largest absolute Gasteiger partial charge is 0.333 e. The third kappa shape index (κ3) is 4.39. The quantitative estimate of drug-likeness (QED) is 0.878. The number of hydrogen-bond acceptors (Lipinski definition) is 3. The van der Waals surface area contributed by atoms with E-state index in [1.54, 1.807) is 18.3 Å². The van der Waals surface area contributed by atoms with Crippen molar-refractivity contribution in [3.63, 3.8) is 0 Å². The van der Waals surface area contributed by atoms with Crippen molar-refractivity contribution in [2.45, 2.75) is 12.5 Å². The molecule has 0 bridgehead atoms. The van der Waals surface area contributed by atoms with Crippen LogP contribution in [0.3, 0.4) is 0 Å². The fraction of sp³-hybridized carbons (Fsp3) is 0.294. The Morgan fingerprint density at radius 2 is 2.17 bits per heavy atom. The first-order chi connectivity index (χ1) is 11.1. The van der Waals surface area contributed by atoms with Crippen molar-refractivity contribution in [1.29, 1.82) is 0 Å². The van der Waals surface area contributed by atoms with Gasteiger partial charge in [0.05, 0.1) is 12.5 Å². The van der Waals surface area contributed by atoms with Gasteiger partial charge in [-0.2, -0.15) is 0 Å². The van der Waals surface area contributed by atoms with Crippen LogP contribution in [0.2, 0.25) is 10.0 Å². The molecule has 1 saturated heterocycles. The van der Waals surface area contributed by atoms with Gasteiger partial charge < -0.3 is 10.2 Å². The van der Waals surface area contributed by atoms with Crippen LogP contribution in [0.25, 0.3) is 0 Å². The molecule has 1 aromatic heterocycles. The van der Waals surface area contributed by atoms with E-state index in [2.05, 4.69) is 10.3 Å². The lowest BCUT2D eigenvalue weighted by Gasteiger charge is -2.36. The van der Waals surface area contributed by atoms with Gasteiger partial charge in [0.2, 0.25) is 5.91 Å². The van der Waals surface area contributed by atoms with Crippen molar-refractivity contribution in [1.82, 2.24) is 15.2 Å². The lowest BCUT2D eigenvalue weighted by molar-refractivity contribution is -0.133. The van der Waals surface area contributed by atoms with Crippen molar-refractivity contribution >= 4 is 41.5 Å². The van der Waals surface area contributed by atoms with Gasteiger partial charge in [0.25, 0.3) is 0 Å². The molecular weight excluding hydrogens is 369 g/mol. The van der Waals surface area contributed by atoms with Crippen LogP contribution in [0.4, 0.5) is 0 Å². The third-order valence-corrected chi connectivity index (χ3v) is 4.58. The molecule has 1 aliphatic heterocycles. The van der Waals surface area contributed by atoms with Crippen molar-refractivity contribution in [2.75, 3.05) is 19.6 Å². The zero-order chi connectivity index (χ0) is 16.2. The zero-order valence-corrected chi connectivity index (χ0v) is 15.2. The molecule has 1 N–H and O–H groups in total. The van der Waals surface area contributed by atoms with E-state index in [1.165, 1.54) is 0 Å². The van der Waals surface area contributed by atoms with Crippen LogP contribution in [-0.4, -0.2) is 35.4 Å². The molecule has 1 atom stereocenters. The fourth-order valence-corrected chi connectivity index (χ4v) is 3.28. The number of rotatable bonds is 3. The number of halogens is 3. The minimum Gasteiger partial charge on any atom is -0.333 e. The van der Waals surface area contributed by atoms with Crippen LogP contribution in [-0.2, 0) is 11.2 Å². The van der Waals surface area contributed by atoms with Crippen LogP contribution >= 0.6 is 35.6 Å². The number of hydrogen-bond donors (Lipinski definition) is 1. The Hall–Kier alpha value is -1.33. The SMILES string of the molecule is Cl.O=C(Cc1ccc(Cl)cc1Cl)N1CCNCC1c1cccnc1. The third-order valence-electron chi connectivity index (χ3n) is 3.99. The average Bonchev–Trinajstić information content (AvgIpc) is 2.58. The number of carbonyl (C=O) groups is 1. The Labute approximate surface area is 157 Å². The summed E-state index contributed by atoms with van der Waals surface area (Å²) in [6.07, 6.45) is 3.82. The minimum atomic E-state index is -0.00368. The molecule has 1 amide bonds. The van der Waals surface area contributed by atoms with Gasteiger partial charge in [0.1, 0.15) is 0 Å². The van der Waals surface area contributed by atoms with E-state index in [4.69, 9.17) is 23.2 Å². The Morgan fingerprint density at radius 3 is 2.88 bits per heavy atom. The van der Waals surface area contributed by atoms with Gasteiger partial charge in [-0.05, 0) is 29.3 Å². The summed E-state index contributed by atoms with van der Waals surface area (Å²) < 4.78 is 0. The molecule has 1 unspecified atom stereocenters. The second kappa shape index (κ2) is 8.67. The van der Waals surface area contributed by atoms with Crippen molar-refractivity contribution < 1.29 is 4.79 Å². The van der Waals surface area contributed by atoms with E-state index in [1.807, 2.05) is 29.3 Å². The lowest BCUT2D eigenvalue weighted by Crippen LogP contribution is -2.49. The number of aromatic nitrogens is 1. The van der Waals surface area contributed by atoms with E-state index in [0.29, 0.717) is 16.6 Å². The molecule has 24 heavy (non-hydrogen) atoms. The highest BCUT2D eigenvalue weighted by Crippen LogP contribution is 2.25. The van der Waals surface area contributed by atoms with Crippen LogP contribution < -0.4 is 5.32 Å². The molecule has 0 spiro atoms. The molecule has 128 valence electrons. The van der Waals surface area contributed by atoms with Gasteiger partial charge in [0, 0.05) is 42.1 Å². The fourth-order valence-electron chi connectivity index (χ4n) is 2.80. The van der Waals surface area contributed by atoms with Gasteiger partial charge in [-0.3, -0.25) is 9.78 Å². The number of nitrogens with zero attached hydrogens (tertiary/aromatic N) is 2. The molecule has 2 aromatic rings. The van der Waals surface area contributed by atoms with Crippen LogP contribution in [0.15, 0.2) is 42.7 Å². The molecule has 0 saturated carbocycles. The molecule has 4 nitrogen and oxygen atoms in total. The first kappa shape index (κ1) is 19.0. The maximum atomic E-state index is 12.8. The van der Waals surface area contributed by atoms with E-state index >= 15 is 0 Å². The summed E-state index contributed by atoms with van der Waals surface area (Å²) >= 11 is 12.1. The maximum Gasteiger partial charge on any atom is 0.227 e. The molecule has 1 fully saturated rings. The summed E-state index contributed by atoms with van der Waals surface area (Å²) in [6, 6.07) is 9.12. The number of piperazine rings is 1. The smallest absolute Gasteiger partial charge is 0.227 e. The molecule has 1 aromatic carbocycles. The lowest BCUT2D eigenvalue weighted by atomic mass is 10.0. The standard InChI is InChI=1S/C17H17Cl2N3O.ClH/c18-14-4-3-12(15(19)9-14)8-17(23)22-7-6-21-11-16(22)13-2-1-5-20-10-13;/h1-5,9-10,16,21H,6-8,11H2;1H. The van der Waals surface area contributed by atoms with Gasteiger partial charge in [-0.1, -0.05) is 35.3 Å². The predicted octanol–water partition coefficient (Wildman–Crippen LogP) is 3.53. The van der Waals surface area contributed by atoms with Gasteiger partial charge in [0.15, 0.2) is 0 Å². The predicted molar refractivity (Wildman–Crippen MR) is 99.0 cm³/mol. The molecule has 0 radical (unpaired) electrons. The highest BCUT2D eigenvalue weighted by Gasteiger charge is 2.28. The zero-order valence-electron chi connectivity index (χ0n) is 12.9. The van der Waals surface area contributed by atoms with E-state index in [0.717, 1.165) is 24.2 Å². The second-order valence-corrected chi connectivity index (χ2v) is 6.35. The highest BCUT2D eigenvalue weighted by atomic mass is 35.5. The molecule has 7 heteroatoms. The molecule has 0 aliphatic carbocycles. The van der Waals surface area contributed by atoms with Crippen molar-refractivity contribution in [3.8, 4) is 0 Å². The maximum absolute atomic E-state index is 12.8. The van der Waals surface area contributed by atoms with Gasteiger partial charge in [-0.15, -0.1) is 12.4 Å². The van der Waals surface area contributed by atoms with Gasteiger partial charge >= 0.3 is 0 Å². The summed E-state index contributed by atoms with van der Waals surface area (Å²) in [4.78, 5) is 18.8. The number of nitrogens with one attached hydrogen (secondary N) is 1. The molecule has 2 heterocycles. The van der Waals surface area contributed by atoms with E-state index in [9.17, 15) is 4.79 Å². The molecule has 3 rings (SSSR count). The number of amides is 1. The number of carbonyl (C=O) groups excluding carboxylic acids is 1. The summed E-state index contributed by atoms with van der Waals surface area (Å²) in [5.41, 5.74) is 1.83. The first-order valence-electron chi connectivity index (χ1n) is 7.49. The monoisotopic (exact) mass is 385 g/mol. The normalized spacial score (nSPS) is 17.2. The second-order valence-electron chi connectivity index (χ2n) is 5.51. The Balaban J connectivity index is 0.00000208. The van der Waals surface area contributed by atoms with Gasteiger partial charge in [-0.25, -0.2) is 0 Å². The topological polar surface area (TPSA) is 45.2 Å². The van der Waals surface area contributed by atoms with Crippen LogP contribution in [0.1, 0.15) is 17.2 Å². The average molecular weight is 387 g/mol. The van der Waals surface area contributed by atoms with Crippen LogP contribution in [0.5, 0.6) is 0 Å². The van der Waals surface area contributed by atoms with Crippen molar-refractivity contribution in [3.05, 3.63) is 63.9 Å². The summed E-state index contributed by atoms with van der Waals surface area (Å²) in [5.74, 6) is 0.0598. The van der Waals surface area contributed by atoms with Crippen molar-refractivity contribution in [2.24, 2.45) is 0 Å².